The van der Waals surface area contributed by atoms with Gasteiger partial charge in [-0.25, -0.2) is 0 Å². The molecule has 4 heteroatoms. The van der Waals surface area contributed by atoms with Gasteiger partial charge in [-0.3, -0.25) is 4.79 Å². The third kappa shape index (κ3) is 3.44. The van der Waals surface area contributed by atoms with Gasteiger partial charge in [-0.1, -0.05) is 25.3 Å². The first kappa shape index (κ1) is 12.8. The van der Waals surface area contributed by atoms with Crippen LogP contribution in [-0.2, 0) is 4.79 Å². The Hall–Kier alpha value is -1.60. The van der Waals surface area contributed by atoms with Crippen LogP contribution < -0.4 is 5.32 Å². The van der Waals surface area contributed by atoms with Gasteiger partial charge in [0.05, 0.1) is 0 Å². The molecule has 1 aliphatic carbocycles. The summed E-state index contributed by atoms with van der Waals surface area (Å²) in [6, 6.07) is 6.03. The van der Waals surface area contributed by atoms with Crippen molar-refractivity contribution in [2.24, 2.45) is 0 Å². The number of nitrogens with one attached hydrogen (secondary N) is 1. The maximum absolute atomic E-state index is 12.0. The van der Waals surface area contributed by atoms with E-state index in [1.165, 1.54) is 30.6 Å². The van der Waals surface area contributed by atoms with Crippen molar-refractivity contribution in [2.75, 3.05) is 0 Å². The van der Waals surface area contributed by atoms with E-state index in [0.717, 1.165) is 17.7 Å². The molecular weight excluding hydrogens is 244 g/mol. The summed E-state index contributed by atoms with van der Waals surface area (Å²) in [6.07, 6.45) is 7.31. The second kappa shape index (κ2) is 6.36. The molecule has 1 amide bonds. The number of hydrogen-bond donors (Lipinski definition) is 1. The Bertz CT molecular complexity index is 464. The lowest BCUT2D eigenvalue weighted by atomic mass is 9.95. The average molecular weight is 260 g/mol. The van der Waals surface area contributed by atoms with Gasteiger partial charge < -0.3 is 5.32 Å². The van der Waals surface area contributed by atoms with Gasteiger partial charge in [0.2, 0.25) is 0 Å². The van der Waals surface area contributed by atoms with E-state index in [1.54, 1.807) is 6.08 Å². The van der Waals surface area contributed by atoms with Crippen LogP contribution in [0.2, 0.25) is 0 Å². The van der Waals surface area contributed by atoms with Crippen molar-refractivity contribution in [2.45, 2.75) is 38.1 Å². The first-order chi connectivity index (χ1) is 8.79. The van der Waals surface area contributed by atoms with E-state index in [1.807, 2.05) is 23.6 Å². The molecule has 18 heavy (non-hydrogen) atoms. The smallest absolute Gasteiger partial charge is 0.262 e. The Labute approximate surface area is 111 Å². The van der Waals surface area contributed by atoms with Crippen LogP contribution in [0.3, 0.4) is 0 Å². The van der Waals surface area contributed by atoms with Gasteiger partial charge >= 0.3 is 0 Å². The predicted molar refractivity (Wildman–Crippen MR) is 72.9 cm³/mol. The molecule has 1 heterocycles. The molecule has 0 aromatic carbocycles. The zero-order valence-corrected chi connectivity index (χ0v) is 11.0. The summed E-state index contributed by atoms with van der Waals surface area (Å²) in [5, 5.41) is 13.9. The van der Waals surface area contributed by atoms with Gasteiger partial charge in [0.1, 0.15) is 11.6 Å². The highest BCUT2D eigenvalue weighted by Crippen LogP contribution is 2.18. The van der Waals surface area contributed by atoms with Gasteiger partial charge in [-0.05, 0) is 30.4 Å². The summed E-state index contributed by atoms with van der Waals surface area (Å²) in [7, 11) is 0. The number of nitrogens with zero attached hydrogens (tertiary/aromatic N) is 1. The minimum absolute atomic E-state index is 0.197. The summed E-state index contributed by atoms with van der Waals surface area (Å²) in [5.74, 6) is -0.238. The standard InChI is InChI=1S/C14H16N2OS/c15-10-11(9-13-7-4-8-18-13)14(17)16-12-5-2-1-3-6-12/h4,7-9,12H,1-3,5-6H2,(H,16,17)/b11-9-. The molecule has 0 aliphatic heterocycles. The summed E-state index contributed by atoms with van der Waals surface area (Å²) < 4.78 is 0. The van der Waals surface area contributed by atoms with Crippen LogP contribution in [0.15, 0.2) is 23.1 Å². The quantitative estimate of drug-likeness (QED) is 0.670. The number of rotatable bonds is 3. The summed E-state index contributed by atoms with van der Waals surface area (Å²) in [4.78, 5) is 12.9. The van der Waals surface area contributed by atoms with Crippen molar-refractivity contribution in [1.29, 1.82) is 5.26 Å². The second-order valence-electron chi connectivity index (χ2n) is 4.49. The van der Waals surface area contributed by atoms with Crippen molar-refractivity contribution in [3.05, 3.63) is 28.0 Å². The Morgan fingerprint density at radius 2 is 2.22 bits per heavy atom. The number of nitriles is 1. The summed E-state index contributed by atoms with van der Waals surface area (Å²) in [5.41, 5.74) is 0.197. The van der Waals surface area contributed by atoms with Gasteiger partial charge in [0.25, 0.3) is 5.91 Å². The largest absolute Gasteiger partial charge is 0.349 e. The van der Waals surface area contributed by atoms with E-state index >= 15 is 0 Å². The lowest BCUT2D eigenvalue weighted by Crippen LogP contribution is -2.36. The van der Waals surface area contributed by atoms with Crippen LogP contribution >= 0.6 is 11.3 Å². The molecule has 1 aromatic heterocycles. The lowest BCUT2D eigenvalue weighted by Gasteiger charge is -2.22. The molecule has 0 atom stereocenters. The fraction of sp³-hybridized carbons (Fsp3) is 0.429. The molecule has 2 rings (SSSR count). The van der Waals surface area contributed by atoms with Crippen LogP contribution in [0.5, 0.6) is 0 Å². The summed E-state index contributed by atoms with van der Waals surface area (Å²) >= 11 is 1.52. The van der Waals surface area contributed by atoms with E-state index < -0.39 is 0 Å². The van der Waals surface area contributed by atoms with E-state index in [-0.39, 0.29) is 17.5 Å². The predicted octanol–water partition coefficient (Wildman–Crippen LogP) is 3.10. The van der Waals surface area contributed by atoms with Crippen LogP contribution in [0.4, 0.5) is 0 Å². The van der Waals surface area contributed by atoms with Crippen molar-refractivity contribution in [1.82, 2.24) is 5.32 Å². The molecule has 0 radical (unpaired) electrons. The molecule has 1 N–H and O–H groups in total. The van der Waals surface area contributed by atoms with Crippen molar-refractivity contribution in [3.63, 3.8) is 0 Å². The van der Waals surface area contributed by atoms with Gasteiger partial charge in [0.15, 0.2) is 0 Å². The number of thiophene rings is 1. The SMILES string of the molecule is N#C/C(=C/c1cccs1)C(=O)NC1CCCCC1. The fourth-order valence-electron chi connectivity index (χ4n) is 2.17. The number of carbonyl (C=O) groups excluding carboxylic acids is 1. The maximum Gasteiger partial charge on any atom is 0.262 e. The minimum atomic E-state index is -0.238. The number of carbonyl (C=O) groups is 1. The molecule has 0 saturated heterocycles. The van der Waals surface area contributed by atoms with Crippen LogP contribution in [-0.4, -0.2) is 11.9 Å². The zero-order chi connectivity index (χ0) is 12.8. The van der Waals surface area contributed by atoms with Crippen molar-refractivity contribution < 1.29 is 4.79 Å². The Kier molecular flexibility index (Phi) is 4.54. The summed E-state index contributed by atoms with van der Waals surface area (Å²) in [6.45, 7) is 0. The third-order valence-corrected chi connectivity index (χ3v) is 3.95. The molecule has 94 valence electrons. The lowest BCUT2D eigenvalue weighted by molar-refractivity contribution is -0.117. The average Bonchev–Trinajstić information content (AvgIpc) is 2.90. The molecule has 0 unspecified atom stereocenters. The molecule has 1 aromatic rings. The highest BCUT2D eigenvalue weighted by atomic mass is 32.1. The van der Waals surface area contributed by atoms with Crippen LogP contribution in [0, 0.1) is 11.3 Å². The number of hydrogen-bond acceptors (Lipinski definition) is 3. The third-order valence-electron chi connectivity index (χ3n) is 3.14. The van der Waals surface area contributed by atoms with E-state index in [0.29, 0.717) is 0 Å². The van der Waals surface area contributed by atoms with E-state index in [4.69, 9.17) is 5.26 Å². The highest BCUT2D eigenvalue weighted by molar-refractivity contribution is 7.10. The van der Waals surface area contributed by atoms with Gasteiger partial charge in [-0.15, -0.1) is 11.3 Å². The molecule has 3 nitrogen and oxygen atoms in total. The Balaban J connectivity index is 2.00. The van der Waals surface area contributed by atoms with Crippen LogP contribution in [0.25, 0.3) is 6.08 Å². The first-order valence-electron chi connectivity index (χ1n) is 6.26. The fourth-order valence-corrected chi connectivity index (χ4v) is 2.83. The maximum atomic E-state index is 12.0. The molecule has 1 aliphatic rings. The van der Waals surface area contributed by atoms with Crippen LogP contribution in [0.1, 0.15) is 37.0 Å². The minimum Gasteiger partial charge on any atom is -0.349 e. The topological polar surface area (TPSA) is 52.9 Å². The van der Waals surface area contributed by atoms with Crippen molar-refractivity contribution >= 4 is 23.3 Å². The zero-order valence-electron chi connectivity index (χ0n) is 10.2. The Morgan fingerprint density at radius 1 is 1.44 bits per heavy atom. The first-order valence-corrected chi connectivity index (χ1v) is 7.14. The monoisotopic (exact) mass is 260 g/mol. The van der Waals surface area contributed by atoms with E-state index in [9.17, 15) is 4.79 Å². The Morgan fingerprint density at radius 3 is 2.83 bits per heavy atom. The van der Waals surface area contributed by atoms with Gasteiger partial charge in [-0.2, -0.15) is 5.26 Å². The number of amides is 1. The van der Waals surface area contributed by atoms with E-state index in [2.05, 4.69) is 5.32 Å². The highest BCUT2D eigenvalue weighted by Gasteiger charge is 2.17. The molecule has 1 saturated carbocycles. The van der Waals surface area contributed by atoms with Gasteiger partial charge in [0, 0.05) is 10.9 Å². The molecular formula is C14H16N2OS. The molecule has 1 fully saturated rings. The van der Waals surface area contributed by atoms with Crippen molar-refractivity contribution in [3.8, 4) is 6.07 Å². The second-order valence-corrected chi connectivity index (χ2v) is 5.47. The molecule has 0 spiro atoms. The normalized spacial score (nSPS) is 17.2. The molecule has 0 bridgehead atoms.